The second kappa shape index (κ2) is 4.70. The van der Waals surface area contributed by atoms with E-state index in [0.717, 1.165) is 0 Å². The van der Waals surface area contributed by atoms with Gasteiger partial charge in [-0.2, -0.15) is 0 Å². The molecule has 1 aromatic heterocycles. The highest BCUT2D eigenvalue weighted by Gasteiger charge is 2.15. The zero-order chi connectivity index (χ0) is 13.3. The summed E-state index contributed by atoms with van der Waals surface area (Å²) in [6, 6.07) is 3.28. The minimum atomic E-state index is -0.533. The van der Waals surface area contributed by atoms with E-state index in [-0.39, 0.29) is 11.3 Å². The van der Waals surface area contributed by atoms with Crippen LogP contribution in [0.25, 0.3) is 10.9 Å². The number of hydrogen-bond donors (Lipinski definition) is 1. The van der Waals surface area contributed by atoms with Gasteiger partial charge in [0, 0.05) is 17.6 Å². The third kappa shape index (κ3) is 1.93. The van der Waals surface area contributed by atoms with Crippen molar-refractivity contribution in [3.63, 3.8) is 0 Å². The average Bonchev–Trinajstić information content (AvgIpc) is 2.38. The second-order valence-electron chi connectivity index (χ2n) is 3.58. The Morgan fingerprint density at radius 1 is 1.39 bits per heavy atom. The van der Waals surface area contributed by atoms with Gasteiger partial charge >= 0.3 is 5.97 Å². The van der Waals surface area contributed by atoms with Crippen molar-refractivity contribution in [2.75, 3.05) is 20.0 Å². The number of carbonyl (C=O) groups is 1. The van der Waals surface area contributed by atoms with E-state index >= 15 is 0 Å². The molecule has 0 radical (unpaired) electrons. The molecule has 0 amide bonds. The molecule has 1 aromatic carbocycles. The van der Waals surface area contributed by atoms with E-state index in [4.69, 9.17) is 22.1 Å². The Bertz CT molecular complexity index is 628. The molecular formula is C12H11ClN2O3. The first-order chi connectivity index (χ1) is 8.58. The number of fused-ring (bicyclic) bond motifs is 1. The standard InChI is InChI=1S/C12H11ClN2O3/c1-17-10-4-9-6(3-8(10)13)11(14)7(5-15-9)12(16)18-2/h3-5H,1-2H3,(H2,14,15). The van der Waals surface area contributed by atoms with E-state index in [0.29, 0.717) is 21.7 Å². The number of nitrogens with two attached hydrogens (primary N) is 1. The molecule has 2 aromatic rings. The molecule has 0 bridgehead atoms. The highest BCUT2D eigenvalue weighted by molar-refractivity contribution is 6.33. The minimum Gasteiger partial charge on any atom is -0.495 e. The number of anilines is 1. The molecule has 0 saturated carbocycles. The molecule has 6 heteroatoms. The predicted octanol–water partition coefficient (Wildman–Crippen LogP) is 2.27. The maximum atomic E-state index is 11.5. The van der Waals surface area contributed by atoms with Crippen molar-refractivity contribution in [1.82, 2.24) is 4.98 Å². The first-order valence-corrected chi connectivity index (χ1v) is 5.46. The van der Waals surface area contributed by atoms with Gasteiger partial charge in [-0.15, -0.1) is 0 Å². The fraction of sp³-hybridized carbons (Fsp3) is 0.167. The van der Waals surface area contributed by atoms with Crippen LogP contribution in [0.2, 0.25) is 5.02 Å². The molecule has 0 aliphatic heterocycles. The van der Waals surface area contributed by atoms with E-state index in [1.165, 1.54) is 20.4 Å². The smallest absolute Gasteiger partial charge is 0.341 e. The third-order valence-corrected chi connectivity index (χ3v) is 2.88. The van der Waals surface area contributed by atoms with Crippen LogP contribution in [0.5, 0.6) is 5.75 Å². The number of halogens is 1. The zero-order valence-electron chi connectivity index (χ0n) is 9.86. The van der Waals surface area contributed by atoms with Crippen LogP contribution < -0.4 is 10.5 Å². The summed E-state index contributed by atoms with van der Waals surface area (Å²) in [6.07, 6.45) is 1.37. The Kier molecular flexibility index (Phi) is 3.25. The summed E-state index contributed by atoms with van der Waals surface area (Å²) < 4.78 is 9.71. The van der Waals surface area contributed by atoms with Crippen LogP contribution >= 0.6 is 11.6 Å². The molecule has 18 heavy (non-hydrogen) atoms. The molecule has 1 heterocycles. The van der Waals surface area contributed by atoms with E-state index in [1.54, 1.807) is 12.1 Å². The number of esters is 1. The van der Waals surface area contributed by atoms with E-state index in [9.17, 15) is 4.79 Å². The van der Waals surface area contributed by atoms with Crippen molar-refractivity contribution in [1.29, 1.82) is 0 Å². The van der Waals surface area contributed by atoms with Crippen molar-refractivity contribution in [2.24, 2.45) is 0 Å². The summed E-state index contributed by atoms with van der Waals surface area (Å²) in [5.74, 6) is -0.0317. The number of hydrogen-bond acceptors (Lipinski definition) is 5. The molecule has 0 saturated heterocycles. The van der Waals surface area contributed by atoms with Gasteiger partial charge in [0.1, 0.15) is 11.3 Å². The third-order valence-electron chi connectivity index (χ3n) is 2.59. The van der Waals surface area contributed by atoms with Crippen molar-refractivity contribution in [2.45, 2.75) is 0 Å². The van der Waals surface area contributed by atoms with Gasteiger partial charge < -0.3 is 15.2 Å². The second-order valence-corrected chi connectivity index (χ2v) is 3.99. The number of nitrogens with zero attached hydrogens (tertiary/aromatic N) is 1. The SMILES string of the molecule is COC(=O)c1cnc2cc(OC)c(Cl)cc2c1N. The number of pyridine rings is 1. The Morgan fingerprint density at radius 2 is 2.11 bits per heavy atom. The van der Waals surface area contributed by atoms with Crippen LogP contribution in [-0.4, -0.2) is 25.2 Å². The van der Waals surface area contributed by atoms with Gasteiger partial charge in [-0.1, -0.05) is 11.6 Å². The summed E-state index contributed by atoms with van der Waals surface area (Å²) in [5, 5.41) is 0.990. The van der Waals surface area contributed by atoms with Gasteiger partial charge in [0.25, 0.3) is 0 Å². The average molecular weight is 267 g/mol. The van der Waals surface area contributed by atoms with Crippen molar-refractivity contribution >= 4 is 34.2 Å². The van der Waals surface area contributed by atoms with Gasteiger partial charge in [-0.05, 0) is 6.07 Å². The Morgan fingerprint density at radius 3 is 2.72 bits per heavy atom. The van der Waals surface area contributed by atoms with Gasteiger partial charge in [-0.3, -0.25) is 4.98 Å². The van der Waals surface area contributed by atoms with Crippen molar-refractivity contribution < 1.29 is 14.3 Å². The van der Waals surface area contributed by atoms with Gasteiger partial charge in [0.2, 0.25) is 0 Å². The van der Waals surface area contributed by atoms with Gasteiger partial charge in [0.15, 0.2) is 0 Å². The molecule has 2 rings (SSSR count). The molecule has 0 spiro atoms. The maximum Gasteiger partial charge on any atom is 0.341 e. The highest BCUT2D eigenvalue weighted by atomic mass is 35.5. The summed E-state index contributed by atoms with van der Waals surface area (Å²) in [4.78, 5) is 15.6. The lowest BCUT2D eigenvalue weighted by molar-refractivity contribution is 0.0601. The number of methoxy groups -OCH3 is 2. The molecule has 0 unspecified atom stereocenters. The largest absolute Gasteiger partial charge is 0.495 e. The molecule has 0 aliphatic rings. The summed E-state index contributed by atoms with van der Waals surface area (Å²) >= 11 is 6.02. The molecule has 2 N–H and O–H groups in total. The van der Waals surface area contributed by atoms with Crippen molar-refractivity contribution in [3.8, 4) is 5.75 Å². The molecule has 0 aliphatic carbocycles. The number of aromatic nitrogens is 1. The van der Waals surface area contributed by atoms with Crippen LogP contribution in [0.1, 0.15) is 10.4 Å². The lowest BCUT2D eigenvalue weighted by atomic mass is 10.1. The quantitative estimate of drug-likeness (QED) is 0.844. The van der Waals surface area contributed by atoms with Crippen LogP contribution in [0.15, 0.2) is 18.3 Å². The van der Waals surface area contributed by atoms with Crippen LogP contribution in [0, 0.1) is 0 Å². The number of carbonyl (C=O) groups excluding carboxylic acids is 1. The Balaban J connectivity index is 2.71. The maximum absolute atomic E-state index is 11.5. The van der Waals surface area contributed by atoms with Crippen LogP contribution in [-0.2, 0) is 4.74 Å². The molecule has 5 nitrogen and oxygen atoms in total. The van der Waals surface area contributed by atoms with Crippen LogP contribution in [0.4, 0.5) is 5.69 Å². The van der Waals surface area contributed by atoms with Crippen molar-refractivity contribution in [3.05, 3.63) is 28.9 Å². The number of rotatable bonds is 2. The van der Waals surface area contributed by atoms with E-state index < -0.39 is 5.97 Å². The van der Waals surface area contributed by atoms with E-state index in [2.05, 4.69) is 9.72 Å². The molecular weight excluding hydrogens is 256 g/mol. The lowest BCUT2D eigenvalue weighted by Gasteiger charge is -2.09. The summed E-state index contributed by atoms with van der Waals surface area (Å²) in [7, 11) is 2.80. The number of nitrogen functional groups attached to an aromatic ring is 1. The fourth-order valence-corrected chi connectivity index (χ4v) is 1.88. The minimum absolute atomic E-state index is 0.214. The number of ether oxygens (including phenoxy) is 2. The Hall–Kier alpha value is -2.01. The zero-order valence-corrected chi connectivity index (χ0v) is 10.6. The summed E-state index contributed by atoms with van der Waals surface area (Å²) in [6.45, 7) is 0. The van der Waals surface area contributed by atoms with E-state index in [1.807, 2.05) is 0 Å². The van der Waals surface area contributed by atoms with Gasteiger partial charge in [0.05, 0.1) is 30.4 Å². The fourth-order valence-electron chi connectivity index (χ4n) is 1.64. The normalized spacial score (nSPS) is 10.4. The first-order valence-electron chi connectivity index (χ1n) is 5.08. The molecule has 0 fully saturated rings. The lowest BCUT2D eigenvalue weighted by Crippen LogP contribution is -2.07. The highest BCUT2D eigenvalue weighted by Crippen LogP contribution is 2.32. The topological polar surface area (TPSA) is 74.4 Å². The predicted molar refractivity (Wildman–Crippen MR) is 69.1 cm³/mol. The monoisotopic (exact) mass is 266 g/mol. The molecule has 94 valence electrons. The van der Waals surface area contributed by atoms with Gasteiger partial charge in [-0.25, -0.2) is 4.79 Å². The first kappa shape index (κ1) is 12.4. The van der Waals surface area contributed by atoms with Crippen LogP contribution in [0.3, 0.4) is 0 Å². The molecule has 0 atom stereocenters. The number of benzene rings is 1. The summed E-state index contributed by atoms with van der Waals surface area (Å²) in [5.41, 5.74) is 7.02. The Labute approximate surface area is 108 Å².